The SMILES string of the molecule is NC1c2ccccc2CC1c1ncnc2n[nH]c(-c3cccc(O)c3)c12. The Morgan fingerprint density at radius 3 is 2.81 bits per heavy atom. The van der Waals surface area contributed by atoms with Crippen molar-refractivity contribution in [1.29, 1.82) is 0 Å². The third-order valence-corrected chi connectivity index (χ3v) is 5.15. The molecule has 0 spiro atoms. The van der Waals surface area contributed by atoms with Crippen molar-refractivity contribution in [2.75, 3.05) is 0 Å². The molecule has 128 valence electrons. The van der Waals surface area contributed by atoms with Gasteiger partial charge < -0.3 is 10.8 Å². The van der Waals surface area contributed by atoms with Crippen LogP contribution >= 0.6 is 0 Å². The maximum absolute atomic E-state index is 9.84. The van der Waals surface area contributed by atoms with Crippen molar-refractivity contribution in [2.24, 2.45) is 5.73 Å². The van der Waals surface area contributed by atoms with Crippen molar-refractivity contribution < 1.29 is 5.11 Å². The normalized spacial score (nSPS) is 19.0. The third kappa shape index (κ3) is 2.19. The fraction of sp³-hybridized carbons (Fsp3) is 0.150. The second-order valence-electron chi connectivity index (χ2n) is 6.64. The molecule has 2 heterocycles. The first kappa shape index (κ1) is 15.0. The van der Waals surface area contributed by atoms with Crippen LogP contribution in [0, 0.1) is 0 Å². The number of nitrogens with zero attached hydrogens (tertiary/aromatic N) is 3. The van der Waals surface area contributed by atoms with Crippen molar-refractivity contribution in [3.05, 3.63) is 71.7 Å². The van der Waals surface area contributed by atoms with Gasteiger partial charge >= 0.3 is 0 Å². The lowest BCUT2D eigenvalue weighted by atomic mass is 9.94. The summed E-state index contributed by atoms with van der Waals surface area (Å²) in [5, 5.41) is 18.1. The number of aromatic hydroxyl groups is 1. The summed E-state index contributed by atoms with van der Waals surface area (Å²) < 4.78 is 0. The lowest BCUT2D eigenvalue weighted by molar-refractivity contribution is 0.475. The van der Waals surface area contributed by atoms with E-state index in [0.717, 1.165) is 28.8 Å². The van der Waals surface area contributed by atoms with Crippen LogP contribution in [0.25, 0.3) is 22.3 Å². The molecule has 0 aliphatic heterocycles. The van der Waals surface area contributed by atoms with Gasteiger partial charge in [0.05, 0.1) is 16.8 Å². The quantitative estimate of drug-likeness (QED) is 0.519. The van der Waals surface area contributed by atoms with Crippen LogP contribution in [0.15, 0.2) is 54.9 Å². The van der Waals surface area contributed by atoms with Gasteiger partial charge in [0.25, 0.3) is 0 Å². The van der Waals surface area contributed by atoms with Gasteiger partial charge in [0.15, 0.2) is 5.65 Å². The fourth-order valence-electron chi connectivity index (χ4n) is 3.92. The van der Waals surface area contributed by atoms with Gasteiger partial charge in [0, 0.05) is 17.5 Å². The van der Waals surface area contributed by atoms with Crippen molar-refractivity contribution in [3.63, 3.8) is 0 Å². The molecule has 4 aromatic rings. The molecule has 0 amide bonds. The number of nitrogens with one attached hydrogen (secondary N) is 1. The van der Waals surface area contributed by atoms with Gasteiger partial charge in [-0.25, -0.2) is 9.97 Å². The molecule has 1 aliphatic rings. The molecule has 0 fully saturated rings. The maximum Gasteiger partial charge on any atom is 0.184 e. The molecule has 6 nitrogen and oxygen atoms in total. The van der Waals surface area contributed by atoms with E-state index in [1.54, 1.807) is 24.5 Å². The third-order valence-electron chi connectivity index (χ3n) is 5.15. The summed E-state index contributed by atoms with van der Waals surface area (Å²) in [4.78, 5) is 8.89. The Bertz CT molecular complexity index is 1120. The molecule has 0 radical (unpaired) electrons. The molecule has 2 atom stereocenters. The summed E-state index contributed by atoms with van der Waals surface area (Å²) in [6.07, 6.45) is 2.38. The van der Waals surface area contributed by atoms with Crippen LogP contribution in [0.4, 0.5) is 0 Å². The first-order valence-corrected chi connectivity index (χ1v) is 8.54. The molecular formula is C20H17N5O. The highest BCUT2D eigenvalue weighted by Crippen LogP contribution is 2.43. The average molecular weight is 343 g/mol. The first-order chi connectivity index (χ1) is 12.7. The summed E-state index contributed by atoms with van der Waals surface area (Å²) in [7, 11) is 0. The monoisotopic (exact) mass is 343 g/mol. The number of phenolic OH excluding ortho intramolecular Hbond substituents is 1. The number of phenols is 1. The zero-order chi connectivity index (χ0) is 17.7. The Morgan fingerprint density at radius 2 is 1.96 bits per heavy atom. The Labute approximate surface area is 149 Å². The predicted octanol–water partition coefficient (Wildman–Crippen LogP) is 3.07. The van der Waals surface area contributed by atoms with Crippen LogP contribution in [0.1, 0.15) is 28.8 Å². The van der Waals surface area contributed by atoms with Gasteiger partial charge in [0.1, 0.15) is 12.1 Å². The van der Waals surface area contributed by atoms with Crippen molar-refractivity contribution >= 4 is 11.0 Å². The molecule has 4 N–H and O–H groups in total. The Morgan fingerprint density at radius 1 is 1.08 bits per heavy atom. The van der Waals surface area contributed by atoms with E-state index in [1.165, 1.54) is 11.1 Å². The number of nitrogens with two attached hydrogens (primary N) is 1. The van der Waals surface area contributed by atoms with Gasteiger partial charge in [-0.05, 0) is 29.7 Å². The van der Waals surface area contributed by atoms with Crippen molar-refractivity contribution in [2.45, 2.75) is 18.4 Å². The lowest BCUT2D eigenvalue weighted by Crippen LogP contribution is -2.16. The zero-order valence-electron chi connectivity index (χ0n) is 13.9. The van der Waals surface area contributed by atoms with Crippen LogP contribution < -0.4 is 5.73 Å². The summed E-state index contributed by atoms with van der Waals surface area (Å²) in [5.41, 5.74) is 12.1. The number of aromatic nitrogens is 4. The van der Waals surface area contributed by atoms with Crippen LogP contribution in [0.2, 0.25) is 0 Å². The minimum absolute atomic E-state index is 0.0616. The van der Waals surface area contributed by atoms with Crippen LogP contribution in [0.3, 0.4) is 0 Å². The van der Waals surface area contributed by atoms with E-state index in [9.17, 15) is 5.11 Å². The minimum Gasteiger partial charge on any atom is -0.508 e. The second kappa shape index (κ2) is 5.64. The van der Waals surface area contributed by atoms with Gasteiger partial charge in [0.2, 0.25) is 0 Å². The van der Waals surface area contributed by atoms with Crippen LogP contribution in [-0.4, -0.2) is 25.3 Å². The molecule has 2 unspecified atom stereocenters. The molecule has 1 aliphatic carbocycles. The van der Waals surface area contributed by atoms with Crippen LogP contribution in [-0.2, 0) is 6.42 Å². The highest BCUT2D eigenvalue weighted by molar-refractivity contribution is 5.93. The zero-order valence-corrected chi connectivity index (χ0v) is 13.9. The molecule has 5 rings (SSSR count). The predicted molar refractivity (Wildman–Crippen MR) is 98.6 cm³/mol. The molecule has 0 saturated heterocycles. The Kier molecular flexibility index (Phi) is 3.26. The Hall–Kier alpha value is -3.25. The highest BCUT2D eigenvalue weighted by atomic mass is 16.3. The highest BCUT2D eigenvalue weighted by Gasteiger charge is 2.33. The van der Waals surface area contributed by atoms with E-state index >= 15 is 0 Å². The molecule has 0 saturated carbocycles. The lowest BCUT2D eigenvalue weighted by Gasteiger charge is -2.16. The molecule has 2 aromatic heterocycles. The second-order valence-corrected chi connectivity index (χ2v) is 6.64. The van der Waals surface area contributed by atoms with E-state index in [0.29, 0.717) is 5.65 Å². The number of hydrogen-bond donors (Lipinski definition) is 3. The standard InChI is InChI=1S/C20H17N5O/c21-17-14-7-2-1-4-11(14)9-15(17)19-16-18(12-5-3-6-13(26)8-12)24-25-20(16)23-10-22-19/h1-8,10,15,17,26H,9,21H2,(H,22,23,24,25). The maximum atomic E-state index is 9.84. The van der Waals surface area contributed by atoms with Gasteiger partial charge in [-0.3, -0.25) is 5.10 Å². The summed E-state index contributed by atoms with van der Waals surface area (Å²) in [5.74, 6) is 0.264. The van der Waals surface area contributed by atoms with E-state index in [2.05, 4.69) is 32.3 Å². The fourth-order valence-corrected chi connectivity index (χ4v) is 3.92. The van der Waals surface area contributed by atoms with E-state index in [-0.39, 0.29) is 17.7 Å². The number of rotatable bonds is 2. The summed E-state index contributed by atoms with van der Waals surface area (Å²) >= 11 is 0. The van der Waals surface area contributed by atoms with Crippen LogP contribution in [0.5, 0.6) is 5.75 Å². The summed E-state index contributed by atoms with van der Waals surface area (Å²) in [6.45, 7) is 0. The van der Waals surface area contributed by atoms with Gasteiger partial charge in [-0.15, -0.1) is 0 Å². The molecule has 26 heavy (non-hydrogen) atoms. The minimum atomic E-state index is -0.115. The molecular weight excluding hydrogens is 326 g/mol. The number of benzene rings is 2. The topological polar surface area (TPSA) is 101 Å². The summed E-state index contributed by atoms with van der Waals surface area (Å²) in [6, 6.07) is 15.2. The number of hydrogen-bond acceptors (Lipinski definition) is 5. The van der Waals surface area contributed by atoms with E-state index in [1.807, 2.05) is 18.2 Å². The Balaban J connectivity index is 1.69. The molecule has 2 aromatic carbocycles. The van der Waals surface area contributed by atoms with Crippen molar-refractivity contribution in [1.82, 2.24) is 20.2 Å². The number of fused-ring (bicyclic) bond motifs is 2. The van der Waals surface area contributed by atoms with Gasteiger partial charge in [-0.2, -0.15) is 5.10 Å². The average Bonchev–Trinajstić information content (AvgIpc) is 3.24. The smallest absolute Gasteiger partial charge is 0.184 e. The number of H-pyrrole nitrogens is 1. The number of aromatic amines is 1. The van der Waals surface area contributed by atoms with E-state index in [4.69, 9.17) is 5.73 Å². The first-order valence-electron chi connectivity index (χ1n) is 8.54. The van der Waals surface area contributed by atoms with Gasteiger partial charge in [-0.1, -0.05) is 36.4 Å². The van der Waals surface area contributed by atoms with Crippen molar-refractivity contribution in [3.8, 4) is 17.0 Å². The molecule has 6 heteroatoms. The van der Waals surface area contributed by atoms with E-state index < -0.39 is 0 Å². The molecule has 0 bridgehead atoms. The largest absolute Gasteiger partial charge is 0.508 e.